The minimum Gasteiger partial charge on any atom is -0.309 e. The van der Waals surface area contributed by atoms with Crippen molar-refractivity contribution in [2.75, 3.05) is 0 Å². The summed E-state index contributed by atoms with van der Waals surface area (Å²) in [5.41, 5.74) is 11.9. The number of para-hydroxylation sites is 2. The van der Waals surface area contributed by atoms with Gasteiger partial charge in [0, 0.05) is 28.0 Å². The predicted octanol–water partition coefficient (Wildman–Crippen LogP) is 11.3. The molecule has 0 bridgehead atoms. The van der Waals surface area contributed by atoms with Gasteiger partial charge in [-0.3, -0.25) is 4.98 Å². The molecule has 3 heterocycles. The molecule has 0 aliphatic heterocycles. The van der Waals surface area contributed by atoms with Crippen molar-refractivity contribution < 1.29 is 4.98 Å². The third-order valence-electron chi connectivity index (χ3n) is 9.98. The van der Waals surface area contributed by atoms with Gasteiger partial charge < -0.3 is 4.57 Å². The van der Waals surface area contributed by atoms with Crippen molar-refractivity contribution in [3.63, 3.8) is 0 Å². The maximum atomic E-state index is 5.02. The number of aromatic amines is 1. The first-order valence-corrected chi connectivity index (χ1v) is 17.8. The summed E-state index contributed by atoms with van der Waals surface area (Å²) in [6.45, 7) is 0. The van der Waals surface area contributed by atoms with Crippen LogP contribution in [0.4, 0.5) is 0 Å². The van der Waals surface area contributed by atoms with E-state index in [2.05, 4.69) is 137 Å². The molecule has 10 aromatic rings. The third-order valence-corrected chi connectivity index (χ3v) is 9.98. The summed E-state index contributed by atoms with van der Waals surface area (Å²) in [5, 5.41) is 3.57. The zero-order chi connectivity index (χ0) is 35.1. The van der Waals surface area contributed by atoms with Gasteiger partial charge >= 0.3 is 5.82 Å². The number of hydrogen-bond acceptors (Lipinski definition) is 3. The molecule has 0 spiro atoms. The minimum absolute atomic E-state index is 0.674. The molecular formula is C48H32N5+. The lowest BCUT2D eigenvalue weighted by molar-refractivity contribution is -0.359. The molecule has 5 heteroatoms. The number of nitrogens with zero attached hydrogens (tertiary/aromatic N) is 4. The van der Waals surface area contributed by atoms with Crippen LogP contribution in [-0.4, -0.2) is 19.5 Å². The number of H-pyrrole nitrogens is 1. The van der Waals surface area contributed by atoms with Gasteiger partial charge in [-0.05, 0) is 95.1 Å². The van der Waals surface area contributed by atoms with Crippen molar-refractivity contribution in [3.8, 4) is 62.1 Å². The molecule has 0 radical (unpaired) electrons. The van der Waals surface area contributed by atoms with Crippen molar-refractivity contribution in [2.45, 2.75) is 0 Å². The van der Waals surface area contributed by atoms with Crippen LogP contribution in [0.1, 0.15) is 0 Å². The highest BCUT2D eigenvalue weighted by Crippen LogP contribution is 2.41. The molecule has 0 aliphatic rings. The second-order valence-corrected chi connectivity index (χ2v) is 13.2. The van der Waals surface area contributed by atoms with Crippen molar-refractivity contribution in [1.82, 2.24) is 19.5 Å². The minimum atomic E-state index is 0.674. The molecule has 0 unspecified atom stereocenters. The number of hydrogen-bond donors (Lipinski definition) is 0. The maximum absolute atomic E-state index is 5.02. The fourth-order valence-electron chi connectivity index (χ4n) is 7.48. The zero-order valence-electron chi connectivity index (χ0n) is 28.7. The summed E-state index contributed by atoms with van der Waals surface area (Å²) >= 11 is 0. The maximum Gasteiger partial charge on any atom is 0.308 e. The SMILES string of the molecule is c1ccc(-c2nc(-c3ccccc3)[nH+]c(-c3ccc(-c4c(-c5ccc6c7ccccc7n(-c7ccccc7)c6c5)ccc5ncccc45)cc3)n2)cc1. The second-order valence-electron chi connectivity index (χ2n) is 13.2. The molecule has 0 aliphatic carbocycles. The van der Waals surface area contributed by atoms with E-state index < -0.39 is 0 Å². The Hall–Kier alpha value is -7.24. The van der Waals surface area contributed by atoms with E-state index in [1.165, 1.54) is 21.8 Å². The highest BCUT2D eigenvalue weighted by Gasteiger charge is 2.21. The van der Waals surface area contributed by atoms with E-state index in [1.54, 1.807) is 0 Å². The van der Waals surface area contributed by atoms with E-state index in [9.17, 15) is 0 Å². The highest BCUT2D eigenvalue weighted by atomic mass is 15.0. The topological polar surface area (TPSA) is 57.7 Å². The smallest absolute Gasteiger partial charge is 0.308 e. The largest absolute Gasteiger partial charge is 0.309 e. The van der Waals surface area contributed by atoms with Crippen LogP contribution in [0, 0.1) is 0 Å². The summed E-state index contributed by atoms with van der Waals surface area (Å²) in [6, 6.07) is 63.7. The molecule has 10 rings (SSSR count). The molecule has 0 atom stereocenters. The van der Waals surface area contributed by atoms with Crippen LogP contribution in [0.25, 0.3) is 94.8 Å². The Balaban J connectivity index is 1.13. The van der Waals surface area contributed by atoms with Gasteiger partial charge in [-0.15, -0.1) is 0 Å². The Morgan fingerprint density at radius 2 is 1.00 bits per heavy atom. The van der Waals surface area contributed by atoms with Crippen LogP contribution < -0.4 is 4.98 Å². The van der Waals surface area contributed by atoms with Gasteiger partial charge in [-0.25, -0.2) is 4.98 Å². The summed E-state index contributed by atoms with van der Waals surface area (Å²) in [6.07, 6.45) is 1.86. The lowest BCUT2D eigenvalue weighted by Gasteiger charge is -2.15. The average Bonchev–Trinajstić information content (AvgIpc) is 3.58. The van der Waals surface area contributed by atoms with E-state index in [-0.39, 0.29) is 0 Å². The molecule has 0 amide bonds. The van der Waals surface area contributed by atoms with Gasteiger partial charge in [0.15, 0.2) is 0 Å². The molecular weight excluding hydrogens is 647 g/mol. The quantitative estimate of drug-likeness (QED) is 0.176. The lowest BCUT2D eigenvalue weighted by Crippen LogP contribution is -2.16. The second kappa shape index (κ2) is 12.8. The molecule has 0 saturated heterocycles. The summed E-state index contributed by atoms with van der Waals surface area (Å²) in [5.74, 6) is 2.19. The summed E-state index contributed by atoms with van der Waals surface area (Å²) < 4.78 is 2.37. The number of aromatic nitrogens is 5. The predicted molar refractivity (Wildman–Crippen MR) is 215 cm³/mol. The van der Waals surface area contributed by atoms with E-state index in [4.69, 9.17) is 15.0 Å². The van der Waals surface area contributed by atoms with Crippen LogP contribution in [-0.2, 0) is 0 Å². The standard InChI is InChI=1S/C48H31N5/c1-4-13-33(14-5-1)46-50-47(34-15-6-2-7-16-34)52-48(51-46)35-24-22-32(23-25-35)45-38(28-29-42-41(45)20-12-30-49-42)36-26-27-40-39-19-10-11-21-43(39)53(44(40)31-36)37-17-8-3-9-18-37/h1-31H/p+1. The number of fused-ring (bicyclic) bond motifs is 4. The first kappa shape index (κ1) is 30.6. The van der Waals surface area contributed by atoms with Crippen LogP contribution in [0.2, 0.25) is 0 Å². The fraction of sp³-hybridized carbons (Fsp3) is 0. The highest BCUT2D eigenvalue weighted by molar-refractivity contribution is 6.11. The fourth-order valence-corrected chi connectivity index (χ4v) is 7.48. The number of benzene rings is 7. The molecule has 0 saturated carbocycles. The molecule has 3 aromatic heterocycles. The van der Waals surface area contributed by atoms with E-state index in [0.717, 1.165) is 67.2 Å². The van der Waals surface area contributed by atoms with E-state index in [1.807, 2.05) is 60.8 Å². The van der Waals surface area contributed by atoms with Gasteiger partial charge in [0.05, 0.1) is 33.2 Å². The lowest BCUT2D eigenvalue weighted by atomic mass is 9.90. The molecule has 1 N–H and O–H groups in total. The monoisotopic (exact) mass is 678 g/mol. The molecule has 0 fully saturated rings. The summed E-state index contributed by atoms with van der Waals surface area (Å²) in [7, 11) is 0. The Morgan fingerprint density at radius 3 is 1.75 bits per heavy atom. The van der Waals surface area contributed by atoms with Crippen LogP contribution in [0.5, 0.6) is 0 Å². The van der Waals surface area contributed by atoms with Crippen molar-refractivity contribution in [3.05, 3.63) is 188 Å². The molecule has 5 nitrogen and oxygen atoms in total. The molecule has 248 valence electrons. The van der Waals surface area contributed by atoms with Crippen LogP contribution in [0.3, 0.4) is 0 Å². The van der Waals surface area contributed by atoms with Crippen LogP contribution >= 0.6 is 0 Å². The Labute approximate surface area is 306 Å². The first-order valence-electron chi connectivity index (χ1n) is 17.8. The van der Waals surface area contributed by atoms with Gasteiger partial charge in [0.25, 0.3) is 11.6 Å². The molecule has 53 heavy (non-hydrogen) atoms. The van der Waals surface area contributed by atoms with Gasteiger partial charge in [-0.2, -0.15) is 0 Å². The van der Waals surface area contributed by atoms with Crippen molar-refractivity contribution in [2.24, 2.45) is 0 Å². The van der Waals surface area contributed by atoms with Gasteiger partial charge in [-0.1, -0.05) is 119 Å². The van der Waals surface area contributed by atoms with Gasteiger partial charge in [0.1, 0.15) is 0 Å². The summed E-state index contributed by atoms with van der Waals surface area (Å²) in [4.78, 5) is 18.2. The zero-order valence-corrected chi connectivity index (χ0v) is 28.7. The van der Waals surface area contributed by atoms with Crippen molar-refractivity contribution >= 4 is 32.7 Å². The van der Waals surface area contributed by atoms with Crippen molar-refractivity contribution in [1.29, 1.82) is 0 Å². The van der Waals surface area contributed by atoms with E-state index >= 15 is 0 Å². The Kier molecular flexibility index (Phi) is 7.40. The third kappa shape index (κ3) is 5.43. The average molecular weight is 679 g/mol. The van der Waals surface area contributed by atoms with E-state index in [0.29, 0.717) is 5.82 Å². The molecule has 7 aromatic carbocycles. The number of nitrogens with one attached hydrogen (secondary N) is 1. The Morgan fingerprint density at radius 1 is 0.415 bits per heavy atom. The number of pyridine rings is 1. The first-order chi connectivity index (χ1) is 26.3. The van der Waals surface area contributed by atoms with Gasteiger partial charge in [0.2, 0.25) is 0 Å². The normalized spacial score (nSPS) is 11.4. The number of rotatable bonds is 6. The van der Waals surface area contributed by atoms with Crippen LogP contribution in [0.15, 0.2) is 188 Å². The Bertz CT molecular complexity index is 2860.